The summed E-state index contributed by atoms with van der Waals surface area (Å²) in [6, 6.07) is 4.35. The molecule has 2 aromatic rings. The van der Waals surface area contributed by atoms with Gasteiger partial charge in [-0.15, -0.1) is 0 Å². The summed E-state index contributed by atoms with van der Waals surface area (Å²) in [5.74, 6) is -2.95. The van der Waals surface area contributed by atoms with E-state index in [2.05, 4.69) is 31.7 Å². The van der Waals surface area contributed by atoms with Crippen molar-refractivity contribution in [2.45, 2.75) is 110 Å². The van der Waals surface area contributed by atoms with Crippen LogP contribution in [0.1, 0.15) is 90.7 Å². The number of piperidine rings is 1. The number of aromatic nitrogens is 2. The van der Waals surface area contributed by atoms with E-state index in [1.54, 1.807) is 18.0 Å². The number of carbonyl (C=O) groups excluding carboxylic acids is 6. The van der Waals surface area contributed by atoms with Crippen LogP contribution in [0.4, 0.5) is 4.79 Å². The fraction of sp³-hybridized carbons (Fsp3) is 0.674. The largest absolute Gasteiger partial charge is 0.481 e. The Morgan fingerprint density at radius 2 is 1.71 bits per heavy atom. The minimum atomic E-state index is -0.955. The van der Waals surface area contributed by atoms with Crippen molar-refractivity contribution in [3.05, 3.63) is 30.1 Å². The number of hydrogen-bond acceptors (Lipinski definition) is 12. The molecule has 1 fully saturated rings. The first-order chi connectivity index (χ1) is 29.6. The van der Waals surface area contributed by atoms with Crippen molar-refractivity contribution in [1.82, 2.24) is 40.4 Å². The van der Waals surface area contributed by atoms with E-state index in [0.29, 0.717) is 51.9 Å². The molecule has 0 radical (unpaired) electrons. The second kappa shape index (κ2) is 27.2. The number of ether oxygens (including phenoxy) is 2. The summed E-state index contributed by atoms with van der Waals surface area (Å²) in [6.45, 7) is 8.52. The van der Waals surface area contributed by atoms with Crippen molar-refractivity contribution in [2.75, 3.05) is 66.7 Å². The van der Waals surface area contributed by atoms with E-state index in [4.69, 9.17) is 20.3 Å². The Morgan fingerprint density at radius 1 is 1.00 bits per heavy atom. The number of aryl methyl sites for hydroxylation is 1. The number of carboxylic acid groups (broad SMARTS) is 1. The smallest absolute Gasteiger partial charge is 0.312 e. The summed E-state index contributed by atoms with van der Waals surface area (Å²) in [4.78, 5) is 96.8. The predicted molar refractivity (Wildman–Crippen MR) is 231 cm³/mol. The molecule has 346 valence electrons. The van der Waals surface area contributed by atoms with Gasteiger partial charge in [0.05, 0.1) is 45.4 Å². The topological polar surface area (TPSA) is 248 Å². The van der Waals surface area contributed by atoms with Crippen LogP contribution in [0.5, 0.6) is 0 Å². The summed E-state index contributed by atoms with van der Waals surface area (Å²) in [6.07, 6.45) is 3.69. The molecule has 2 atom stereocenters. The van der Waals surface area contributed by atoms with E-state index < -0.39 is 29.9 Å². The number of fused-ring (bicyclic) bond motifs is 1. The number of nitrogens with two attached hydrogens (primary N) is 1. The van der Waals surface area contributed by atoms with Gasteiger partial charge in [-0.25, -0.2) is 14.8 Å². The number of carbonyl (C=O) groups is 7. The highest BCUT2D eigenvalue weighted by molar-refractivity contribution is 5.92. The number of amides is 5. The van der Waals surface area contributed by atoms with Gasteiger partial charge in [0.15, 0.2) is 5.78 Å². The number of hydrogen-bond donors (Lipinski definition) is 5. The average Bonchev–Trinajstić information content (AvgIpc) is 3.59. The number of pyridine rings is 1. The molecule has 0 bridgehead atoms. The van der Waals surface area contributed by atoms with Gasteiger partial charge in [-0.2, -0.15) is 0 Å². The summed E-state index contributed by atoms with van der Waals surface area (Å²) in [5, 5.41) is 17.1. The van der Waals surface area contributed by atoms with Crippen LogP contribution in [0.15, 0.2) is 24.4 Å². The van der Waals surface area contributed by atoms with Crippen molar-refractivity contribution in [1.29, 1.82) is 0 Å². The molecule has 1 saturated heterocycles. The number of aliphatic carboxylic acids is 1. The molecule has 2 aromatic heterocycles. The molecule has 0 unspecified atom stereocenters. The number of rotatable bonds is 30. The quantitative estimate of drug-likeness (QED) is 0.0559. The maximum Gasteiger partial charge on any atom is 0.312 e. The van der Waals surface area contributed by atoms with E-state index in [1.807, 2.05) is 50.0 Å². The lowest BCUT2D eigenvalue weighted by Crippen LogP contribution is -2.50. The van der Waals surface area contributed by atoms with Crippen molar-refractivity contribution < 1.29 is 48.1 Å². The van der Waals surface area contributed by atoms with Gasteiger partial charge in [0.1, 0.15) is 11.4 Å². The number of carboxylic acids is 1. The minimum Gasteiger partial charge on any atom is -0.481 e. The number of hydrazine groups is 1. The molecule has 19 heteroatoms. The third kappa shape index (κ3) is 17.4. The zero-order valence-electron chi connectivity index (χ0n) is 37.2. The lowest BCUT2D eigenvalue weighted by molar-refractivity contribution is -0.139. The fourth-order valence-corrected chi connectivity index (χ4v) is 7.52. The van der Waals surface area contributed by atoms with Crippen LogP contribution in [0, 0.1) is 11.8 Å². The summed E-state index contributed by atoms with van der Waals surface area (Å²) in [5.41, 5.74) is 10.1. The van der Waals surface area contributed by atoms with Gasteiger partial charge >= 0.3 is 12.0 Å². The first-order valence-corrected chi connectivity index (χ1v) is 21.8. The average molecular weight is 872 g/mol. The summed E-state index contributed by atoms with van der Waals surface area (Å²) < 4.78 is 13.1. The Balaban J connectivity index is 1.61. The SMILES string of the molecule is CCC(=O)[C@H](CCCNC(N)=O)NC(=O)[C@@H](CC(=O)CCC(=O)N(CCOCCOCCC(=O)O)C1CCN(C(=O)CCn2c(CN(C)NC)cc3cccnc32)CC1)C(C)C. The second-order valence-electron chi connectivity index (χ2n) is 16.0. The molecule has 0 aromatic carbocycles. The van der Waals surface area contributed by atoms with Gasteiger partial charge in [-0.05, 0) is 56.8 Å². The van der Waals surface area contributed by atoms with Gasteiger partial charge in [-0.1, -0.05) is 20.8 Å². The second-order valence-corrected chi connectivity index (χ2v) is 16.0. The zero-order chi connectivity index (χ0) is 45.6. The van der Waals surface area contributed by atoms with E-state index in [0.717, 1.165) is 16.7 Å². The monoisotopic (exact) mass is 872 g/mol. The molecule has 0 aliphatic carbocycles. The van der Waals surface area contributed by atoms with Crippen LogP contribution in [-0.2, 0) is 51.3 Å². The van der Waals surface area contributed by atoms with Gasteiger partial charge in [0.2, 0.25) is 17.7 Å². The van der Waals surface area contributed by atoms with Crippen LogP contribution in [-0.4, -0.2) is 150 Å². The van der Waals surface area contributed by atoms with Crippen molar-refractivity contribution in [3.8, 4) is 0 Å². The maximum absolute atomic E-state index is 13.9. The van der Waals surface area contributed by atoms with Crippen LogP contribution in [0.25, 0.3) is 11.0 Å². The van der Waals surface area contributed by atoms with Gasteiger partial charge in [0, 0.05) is 101 Å². The molecule has 1 aliphatic heterocycles. The number of ketones is 2. The lowest BCUT2D eigenvalue weighted by Gasteiger charge is -2.39. The van der Waals surface area contributed by atoms with E-state index in [-0.39, 0.29) is 113 Å². The van der Waals surface area contributed by atoms with Gasteiger partial charge in [0.25, 0.3) is 0 Å². The number of nitrogens with one attached hydrogen (secondary N) is 3. The third-order valence-electron chi connectivity index (χ3n) is 11.2. The molecular weight excluding hydrogens is 803 g/mol. The highest BCUT2D eigenvalue weighted by Crippen LogP contribution is 2.23. The van der Waals surface area contributed by atoms with Crippen molar-refractivity contribution in [2.24, 2.45) is 17.6 Å². The maximum atomic E-state index is 13.9. The molecular formula is C43H69N9O10. The Morgan fingerprint density at radius 3 is 2.35 bits per heavy atom. The predicted octanol–water partition coefficient (Wildman–Crippen LogP) is 2.24. The van der Waals surface area contributed by atoms with Crippen molar-refractivity contribution >= 4 is 52.3 Å². The molecule has 6 N–H and O–H groups in total. The molecule has 62 heavy (non-hydrogen) atoms. The van der Waals surface area contributed by atoms with Crippen LogP contribution in [0.2, 0.25) is 0 Å². The molecule has 0 saturated carbocycles. The standard InChI is InChI=1S/C43H69N9O10/c1-6-37(54)36(10-8-18-47-43(44)60)48-42(59)35(30(2)3)28-34(53)11-12-39(56)51(22-24-62-26-25-61-23-16-40(57)58)32-13-19-50(20-14-32)38(55)15-21-52-33(29-49(5)45-4)27-31-9-7-17-46-41(31)52/h7,9,17,27,30,32,35-36,45H,6,8,10-16,18-26,28-29H2,1-5H3,(H,48,59)(H,57,58)(H3,44,47,60)/t35-,36-/m0/s1. The van der Waals surface area contributed by atoms with E-state index in [1.165, 1.54) is 0 Å². The zero-order valence-corrected chi connectivity index (χ0v) is 37.2. The molecule has 1 aliphatic rings. The normalized spacial score (nSPS) is 14.2. The highest BCUT2D eigenvalue weighted by atomic mass is 16.5. The highest BCUT2D eigenvalue weighted by Gasteiger charge is 2.32. The molecule has 3 heterocycles. The Kier molecular flexibility index (Phi) is 22.5. The lowest BCUT2D eigenvalue weighted by atomic mass is 9.88. The van der Waals surface area contributed by atoms with Crippen LogP contribution in [0.3, 0.4) is 0 Å². The van der Waals surface area contributed by atoms with E-state index >= 15 is 0 Å². The third-order valence-corrected chi connectivity index (χ3v) is 11.2. The Hall–Kier alpha value is -4.98. The number of likely N-dealkylation sites (tertiary alicyclic amines) is 1. The fourth-order valence-electron chi connectivity index (χ4n) is 7.52. The number of urea groups is 1. The Bertz CT molecular complexity index is 1780. The van der Waals surface area contributed by atoms with Crippen molar-refractivity contribution in [3.63, 3.8) is 0 Å². The number of primary amides is 1. The first kappa shape index (κ1) is 51.4. The van der Waals surface area contributed by atoms with Gasteiger partial charge < -0.3 is 45.3 Å². The number of nitrogens with zero attached hydrogens (tertiary/aromatic N) is 5. The minimum absolute atomic E-state index is 0.0121. The van der Waals surface area contributed by atoms with E-state index in [9.17, 15) is 33.6 Å². The summed E-state index contributed by atoms with van der Waals surface area (Å²) in [7, 11) is 3.79. The van der Waals surface area contributed by atoms with Crippen LogP contribution < -0.4 is 21.8 Å². The summed E-state index contributed by atoms with van der Waals surface area (Å²) >= 11 is 0. The molecule has 0 spiro atoms. The molecule has 5 amide bonds. The Labute approximate surface area is 364 Å². The first-order valence-electron chi connectivity index (χ1n) is 21.8. The molecule has 19 nitrogen and oxygen atoms in total. The molecule has 3 rings (SSSR count). The number of Topliss-reactive ketones (excluding diaryl/α,β-unsaturated/α-hetero) is 2. The van der Waals surface area contributed by atoms with Crippen LogP contribution >= 0.6 is 0 Å². The van der Waals surface area contributed by atoms with Gasteiger partial charge in [-0.3, -0.25) is 34.2 Å².